The Morgan fingerprint density at radius 2 is 0.901 bits per heavy atom. The number of aromatic amines is 1. The zero-order chi connectivity index (χ0) is 85.7. The number of rotatable bonds is 25. The van der Waals surface area contributed by atoms with E-state index in [9.17, 15) is 72.0 Å². The Morgan fingerprint density at radius 3 is 1.26 bits per heavy atom. The second-order valence-electron chi connectivity index (χ2n) is 26.3. The van der Waals surface area contributed by atoms with Gasteiger partial charge in [-0.15, -0.1) is 47.0 Å². The number of thioether (sulfide) groups is 4. The highest BCUT2D eigenvalue weighted by atomic mass is 35.7. The molecule has 5 heterocycles. The van der Waals surface area contributed by atoms with Gasteiger partial charge in [0.2, 0.25) is 30.1 Å². The van der Waals surface area contributed by atoms with Crippen LogP contribution in [0.4, 0.5) is 0 Å². The molecule has 4 aliphatic heterocycles. The lowest BCUT2D eigenvalue weighted by Crippen LogP contribution is -2.40. The van der Waals surface area contributed by atoms with E-state index in [2.05, 4.69) is 10.3 Å². The van der Waals surface area contributed by atoms with E-state index in [4.69, 9.17) is 62.7 Å². The van der Waals surface area contributed by atoms with Crippen molar-refractivity contribution >= 4 is 222 Å². The molecule has 5 atom stereocenters. The number of esters is 3. The first-order valence-electron chi connectivity index (χ1n) is 35.6. The maximum absolute atomic E-state index is 13.8. The molecule has 1 unspecified atom stereocenters. The number of pyridine rings is 1. The summed E-state index contributed by atoms with van der Waals surface area (Å²) in [5, 5.41) is 9.59. The normalized spacial score (nSPS) is 17.0. The number of halogens is 3. The zero-order valence-electron chi connectivity index (χ0n) is 67.5. The zero-order valence-corrected chi connectivity index (χ0v) is 80.3. The number of benzene rings is 5. The fraction of sp³-hybridized carbons (Fsp3) is 0.419. The van der Waals surface area contributed by atoms with Crippen molar-refractivity contribution in [1.82, 2.24) is 37.8 Å². The average molecular weight is 1970 g/mol. The molecule has 4 saturated heterocycles. The lowest BCUT2D eigenvalue weighted by atomic mass is 10.0. The molecule has 0 spiro atoms. The first kappa shape index (κ1) is 111. The van der Waals surface area contributed by atoms with Gasteiger partial charge in [0.1, 0.15) is 16.1 Å². The van der Waals surface area contributed by atoms with Crippen LogP contribution >= 0.6 is 135 Å². The van der Waals surface area contributed by atoms with Crippen molar-refractivity contribution in [3.63, 3.8) is 0 Å². The monoisotopic (exact) mass is 1970 g/mol. The van der Waals surface area contributed by atoms with E-state index in [0.29, 0.717) is 74.6 Å². The van der Waals surface area contributed by atoms with Gasteiger partial charge in [-0.05, 0) is 123 Å². The molecular weight excluding hydrogens is 1870 g/mol. The van der Waals surface area contributed by atoms with Crippen molar-refractivity contribution in [2.24, 2.45) is 5.92 Å². The molecule has 1 saturated carbocycles. The lowest BCUT2D eigenvalue weighted by molar-refractivity contribution is -0.377. The SMILES string of the molecule is CCOC(=O)[C@@H]1SCCN1S(=O)(=O)c1cccc(C(=O)N(C)C)c1.CCOC(=O)[C@H]1NCCS1.CN(C)C(=O)c1cccc(S(=O)(=O)Cl)c1.CN(C)C(=O)c1cccc(S(=O)(=O)N2CCS[C@H]2C(=O)O)c1.COc1ccc(C(Cc2c(Cl)c[nH+]cc2Cl)OC(=O)[C@@H]2SCCN2S(=O)(=O)c2cccc(C(=O)N(C)C)c2)cc1OCC1CC1.S.S.S.S.[OH-]. The van der Waals surface area contributed by atoms with E-state index >= 15 is 0 Å². The van der Waals surface area contributed by atoms with Gasteiger partial charge in [-0.2, -0.15) is 66.9 Å². The largest absolute Gasteiger partial charge is 0.870 e. The topological polar surface area (TPSA) is 418 Å². The summed E-state index contributed by atoms with van der Waals surface area (Å²) < 4.78 is 131. The number of carbonyl (C=O) groups is 8. The first-order chi connectivity index (χ1) is 54.7. The van der Waals surface area contributed by atoms with E-state index < -0.39 is 79.3 Å². The number of carbonyl (C=O) groups excluding carboxylic acids is 7. The third kappa shape index (κ3) is 30.6. The van der Waals surface area contributed by atoms with Crippen LogP contribution in [-0.4, -0.2) is 278 Å². The third-order valence-corrected chi connectivity index (χ3v) is 29.8. The van der Waals surface area contributed by atoms with Crippen LogP contribution in [-0.2, 0) is 78.9 Å². The van der Waals surface area contributed by atoms with Crippen LogP contribution < -0.4 is 19.8 Å². The fourth-order valence-electron chi connectivity index (χ4n) is 11.0. The van der Waals surface area contributed by atoms with Crippen molar-refractivity contribution in [2.45, 2.75) is 80.3 Å². The van der Waals surface area contributed by atoms with Gasteiger partial charge in [0.05, 0.1) is 46.5 Å². The molecule has 1 aliphatic carbocycles. The maximum atomic E-state index is 13.8. The number of nitrogens with zero attached hydrogens (tertiary/aromatic N) is 7. The molecule has 6 aromatic rings. The smallest absolute Gasteiger partial charge is 0.335 e. The van der Waals surface area contributed by atoms with E-state index in [1.54, 1.807) is 125 Å². The fourth-order valence-corrected chi connectivity index (χ4v) is 22.5. The number of H-pyrrole nitrogens is 1. The van der Waals surface area contributed by atoms with Crippen molar-refractivity contribution in [1.29, 1.82) is 0 Å². The van der Waals surface area contributed by atoms with Crippen molar-refractivity contribution in [2.75, 3.05) is 133 Å². The van der Waals surface area contributed by atoms with Crippen LogP contribution in [0.3, 0.4) is 0 Å². The average Bonchev–Trinajstić information content (AvgIpc) is 1.74. The number of hydrogen-bond acceptors (Lipinski definition) is 27. The molecule has 5 fully saturated rings. The molecule has 11 rings (SSSR count). The van der Waals surface area contributed by atoms with Crippen LogP contribution in [0.5, 0.6) is 11.5 Å². The molecular formula is C74H100Cl3N9O23S12. The molecule has 32 nitrogen and oxygen atoms in total. The number of ether oxygens (including phenoxy) is 5. The van der Waals surface area contributed by atoms with Crippen LogP contribution in [0.2, 0.25) is 10.0 Å². The predicted molar refractivity (Wildman–Crippen MR) is 487 cm³/mol. The van der Waals surface area contributed by atoms with Crippen LogP contribution in [0.25, 0.3) is 0 Å². The summed E-state index contributed by atoms with van der Waals surface area (Å²) in [5.41, 5.74) is 2.19. The molecule has 0 radical (unpaired) electrons. The predicted octanol–water partition coefficient (Wildman–Crippen LogP) is 8.25. The van der Waals surface area contributed by atoms with Gasteiger partial charge in [0.15, 0.2) is 45.4 Å². The number of nitrogens with one attached hydrogen (secondary N) is 2. The Morgan fingerprint density at radius 1 is 0.521 bits per heavy atom. The van der Waals surface area contributed by atoms with Crippen LogP contribution in [0, 0.1) is 5.92 Å². The molecule has 672 valence electrons. The van der Waals surface area contributed by atoms with Gasteiger partial charge >= 0.3 is 23.9 Å². The van der Waals surface area contributed by atoms with Gasteiger partial charge in [0.25, 0.3) is 32.7 Å². The summed E-state index contributed by atoms with van der Waals surface area (Å²) in [6.45, 7) is 6.06. The minimum Gasteiger partial charge on any atom is -0.870 e. The van der Waals surface area contributed by atoms with Crippen molar-refractivity contribution in [3.8, 4) is 11.5 Å². The maximum Gasteiger partial charge on any atom is 0.335 e. The quantitative estimate of drug-likeness (QED) is 0.0309. The number of carboxylic acids is 1. The van der Waals surface area contributed by atoms with Crippen LogP contribution in [0.1, 0.15) is 85.4 Å². The van der Waals surface area contributed by atoms with Gasteiger partial charge in [-0.25, -0.2) is 57.8 Å². The lowest BCUT2D eigenvalue weighted by Gasteiger charge is -2.26. The Kier molecular flexibility index (Phi) is 46.7. The summed E-state index contributed by atoms with van der Waals surface area (Å²) in [6, 6.07) is 28.1. The summed E-state index contributed by atoms with van der Waals surface area (Å²) in [5.74, 6) is 0.0317. The number of aliphatic carboxylic acids is 1. The van der Waals surface area contributed by atoms with Crippen LogP contribution in [0.15, 0.2) is 147 Å². The standard InChI is InChI=1S/C31H33Cl2N3O7S2.C15H20N2O5S2.C13H16N2O5S2.C9H10ClNO3S.C6H11NO2S.H2O.4H2S/c1-35(2)29(37)21-5-4-6-22(13-21)45(39,40)36-11-12-44-30(36)31(38)43-27(15-23-24(32)16-34-17-25(23)33)20-9-10-26(41-3)28(14-20)42-18-19-7-8-19;1-4-22-15(19)14-17(8-9-23-14)24(20,21)12-7-5-6-11(10-12)13(18)16(2)3;1-14(2)11(16)9-4-3-5-10(8-9)22(19,20)15-6-7-21-12(15)13(17)18;1-11(2)9(12)7-4-3-5-8(6-7)15(10,13)14;1-2-9-6(8)5-7-3-4-10-5;;;;;/h4-6,9-10,13-14,16-17,19,27,30H,7-8,11-12,15,18H2,1-3H3;5-7,10,14H,4,8-9H2,1-3H3;3-5,8,12H,6-7H2,1-2H3,(H,17,18);3-6H,1-2H3;5,7H,2-4H2,1H3;5*1H2/t27?,30-;14-;12-;;5-;;;;;/m000.0...../s1. The Balaban J connectivity index is 0.000000556. The van der Waals surface area contributed by atoms with Crippen molar-refractivity contribution in [3.05, 3.63) is 171 Å². The van der Waals surface area contributed by atoms with E-state index in [1.165, 1.54) is 128 Å². The van der Waals surface area contributed by atoms with E-state index in [-0.39, 0.29) is 163 Å². The highest BCUT2D eigenvalue weighted by molar-refractivity contribution is 8.13. The summed E-state index contributed by atoms with van der Waals surface area (Å²) >= 11 is 18.0. The minimum absolute atomic E-state index is 0. The number of methoxy groups -OCH3 is 1. The van der Waals surface area contributed by atoms with Gasteiger partial charge < -0.3 is 53.9 Å². The molecule has 1 aromatic heterocycles. The highest BCUT2D eigenvalue weighted by Gasteiger charge is 2.45. The van der Waals surface area contributed by atoms with Crippen molar-refractivity contribution < 1.29 is 111 Å². The number of amides is 4. The summed E-state index contributed by atoms with van der Waals surface area (Å²) in [6.07, 6.45) is 4.60. The Hall–Kier alpha value is -6.12. The minimum atomic E-state index is -4.15. The molecule has 5 aliphatic rings. The number of aromatic nitrogens is 1. The number of sulfonamides is 3. The Bertz CT molecular complexity index is 5010. The molecule has 0 bridgehead atoms. The van der Waals surface area contributed by atoms with E-state index in [1.807, 2.05) is 6.92 Å². The summed E-state index contributed by atoms with van der Waals surface area (Å²) in [7, 11) is 3.61. The summed E-state index contributed by atoms with van der Waals surface area (Å²) in [4.78, 5) is 104. The highest BCUT2D eigenvalue weighted by Crippen LogP contribution is 2.40. The third-order valence-electron chi connectivity index (χ3n) is 17.1. The molecule has 5 aromatic carbocycles. The second kappa shape index (κ2) is 50.9. The number of carboxylic acid groups (broad SMARTS) is 1. The van der Waals surface area contributed by atoms with E-state index in [0.717, 1.165) is 49.8 Å². The molecule has 4 amide bonds. The van der Waals surface area contributed by atoms with Gasteiger partial charge in [0, 0.05) is 150 Å². The first-order valence-corrected chi connectivity index (χ1v) is 47.2. The molecule has 4 N–H and O–H groups in total. The molecule has 121 heavy (non-hydrogen) atoms. The molecule has 47 heteroatoms. The second-order valence-corrected chi connectivity index (χ2v) is 40.2. The Labute approximate surface area is 765 Å². The van der Waals surface area contributed by atoms with Gasteiger partial charge in [-0.1, -0.05) is 53.5 Å². The van der Waals surface area contributed by atoms with Gasteiger partial charge in [-0.3, -0.25) is 24.5 Å². The number of hydrogen-bond donors (Lipinski definition) is 2.